The quantitative estimate of drug-likeness (QED) is 0.767. The molecular formula is C24H32FN3. The van der Waals surface area contributed by atoms with Crippen LogP contribution in [0.2, 0.25) is 0 Å². The largest absolute Gasteiger partial charge is 0.383 e. The van der Waals surface area contributed by atoms with Gasteiger partial charge in [0.05, 0.1) is 6.04 Å². The number of rotatable bonds is 6. The van der Waals surface area contributed by atoms with E-state index >= 15 is 4.39 Å². The monoisotopic (exact) mass is 381 g/mol. The zero-order valence-corrected chi connectivity index (χ0v) is 17.0. The van der Waals surface area contributed by atoms with E-state index < -0.39 is 6.17 Å². The first-order valence-electron chi connectivity index (χ1n) is 10.7. The first-order valence-corrected chi connectivity index (χ1v) is 10.7. The van der Waals surface area contributed by atoms with Crippen molar-refractivity contribution in [3.8, 4) is 0 Å². The lowest BCUT2D eigenvalue weighted by atomic mass is 9.97. The van der Waals surface area contributed by atoms with Crippen molar-refractivity contribution in [1.29, 1.82) is 0 Å². The number of alkyl halides is 1. The summed E-state index contributed by atoms with van der Waals surface area (Å²) >= 11 is 0. The highest BCUT2D eigenvalue weighted by molar-refractivity contribution is 5.67. The van der Waals surface area contributed by atoms with Gasteiger partial charge in [0.15, 0.2) is 0 Å². The molecule has 2 aliphatic rings. The molecule has 0 spiro atoms. The number of hydrogen-bond donors (Lipinski definition) is 2. The van der Waals surface area contributed by atoms with Crippen LogP contribution in [-0.2, 0) is 12.8 Å². The number of fused-ring (bicyclic) bond motifs is 1. The number of anilines is 2. The number of nitrogens with one attached hydrogen (secondary N) is 2. The van der Waals surface area contributed by atoms with E-state index in [1.807, 2.05) is 30.3 Å². The highest BCUT2D eigenvalue weighted by atomic mass is 19.1. The van der Waals surface area contributed by atoms with Crippen LogP contribution in [0.25, 0.3) is 0 Å². The van der Waals surface area contributed by atoms with Crippen LogP contribution < -0.4 is 15.5 Å². The van der Waals surface area contributed by atoms with Gasteiger partial charge in [-0.25, -0.2) is 4.39 Å². The summed E-state index contributed by atoms with van der Waals surface area (Å²) < 4.78 is 15.6. The second-order valence-electron chi connectivity index (χ2n) is 8.51. The molecule has 2 heterocycles. The van der Waals surface area contributed by atoms with E-state index in [-0.39, 0.29) is 6.04 Å². The van der Waals surface area contributed by atoms with Crippen LogP contribution in [0.1, 0.15) is 37.8 Å². The summed E-state index contributed by atoms with van der Waals surface area (Å²) in [5, 5.41) is 6.96. The maximum atomic E-state index is 15.6. The first kappa shape index (κ1) is 19.3. The second kappa shape index (κ2) is 8.52. The molecular weight excluding hydrogens is 349 g/mol. The van der Waals surface area contributed by atoms with Gasteiger partial charge in [-0.05, 0) is 69.5 Å². The molecule has 2 aromatic carbocycles. The van der Waals surface area contributed by atoms with Crippen LogP contribution in [0, 0.1) is 0 Å². The van der Waals surface area contributed by atoms with Gasteiger partial charge in [0.1, 0.15) is 6.17 Å². The smallest absolute Gasteiger partial charge is 0.125 e. The second-order valence-corrected chi connectivity index (χ2v) is 8.51. The van der Waals surface area contributed by atoms with Gasteiger partial charge in [-0.1, -0.05) is 36.4 Å². The lowest BCUT2D eigenvalue weighted by molar-refractivity contribution is 0.256. The van der Waals surface area contributed by atoms with Crippen molar-refractivity contribution < 1.29 is 4.39 Å². The van der Waals surface area contributed by atoms with E-state index in [1.165, 1.54) is 11.3 Å². The van der Waals surface area contributed by atoms with Crippen LogP contribution in [0.5, 0.6) is 0 Å². The van der Waals surface area contributed by atoms with Crippen molar-refractivity contribution in [2.24, 2.45) is 0 Å². The molecule has 0 amide bonds. The normalized spacial score (nSPS) is 21.0. The Morgan fingerprint density at radius 1 is 1.11 bits per heavy atom. The molecule has 2 aliphatic heterocycles. The van der Waals surface area contributed by atoms with Crippen molar-refractivity contribution in [1.82, 2.24) is 5.32 Å². The Hall–Kier alpha value is -2.07. The van der Waals surface area contributed by atoms with Crippen LogP contribution in [0.4, 0.5) is 15.8 Å². The molecule has 1 fully saturated rings. The van der Waals surface area contributed by atoms with Crippen molar-refractivity contribution in [2.75, 3.05) is 23.3 Å². The Labute approximate surface area is 168 Å². The molecule has 0 aromatic heterocycles. The Balaban J connectivity index is 1.61. The number of nitrogens with zero attached hydrogens (tertiary/aromatic N) is 1. The van der Waals surface area contributed by atoms with E-state index in [9.17, 15) is 0 Å². The summed E-state index contributed by atoms with van der Waals surface area (Å²) in [6.07, 6.45) is 2.57. The highest BCUT2D eigenvalue weighted by Gasteiger charge is 2.39. The predicted molar refractivity (Wildman–Crippen MR) is 116 cm³/mol. The lowest BCUT2D eigenvalue weighted by Crippen LogP contribution is -2.50. The zero-order chi connectivity index (χ0) is 19.5. The van der Waals surface area contributed by atoms with E-state index in [0.717, 1.165) is 43.6 Å². The van der Waals surface area contributed by atoms with Gasteiger partial charge in [-0.15, -0.1) is 0 Å². The molecule has 150 valence electrons. The summed E-state index contributed by atoms with van der Waals surface area (Å²) in [6.45, 7) is 6.34. The Bertz CT molecular complexity index is 771. The van der Waals surface area contributed by atoms with E-state index in [4.69, 9.17) is 0 Å². The molecule has 4 rings (SSSR count). The molecule has 0 radical (unpaired) electrons. The lowest BCUT2D eigenvalue weighted by Gasteiger charge is -2.39. The molecule has 1 saturated heterocycles. The van der Waals surface area contributed by atoms with Gasteiger partial charge in [-0.3, -0.25) is 0 Å². The average molecular weight is 382 g/mol. The first-order chi connectivity index (χ1) is 13.6. The molecule has 2 unspecified atom stereocenters. The number of piperidine rings is 1. The molecule has 0 aliphatic carbocycles. The van der Waals surface area contributed by atoms with E-state index in [1.54, 1.807) is 0 Å². The van der Waals surface area contributed by atoms with E-state index in [0.29, 0.717) is 18.5 Å². The molecule has 2 N–H and O–H groups in total. The maximum absolute atomic E-state index is 15.6. The standard InChI is InChI=1S/C24H32FN3/c1-17(2)27-20-9-8-19-15-24(22(25)14-18-6-4-3-5-7-18)28(23(19)16-20)21-10-12-26-13-11-21/h3-9,16-17,21-22,24,26-27H,10-15H2,1-2H3. The van der Waals surface area contributed by atoms with Crippen molar-refractivity contribution >= 4 is 11.4 Å². The zero-order valence-electron chi connectivity index (χ0n) is 17.0. The summed E-state index contributed by atoms with van der Waals surface area (Å²) in [6, 6.07) is 17.4. The van der Waals surface area contributed by atoms with Crippen molar-refractivity contribution in [2.45, 2.75) is 63.8 Å². The number of halogens is 1. The minimum absolute atomic E-state index is 0.0763. The minimum Gasteiger partial charge on any atom is -0.383 e. The van der Waals surface area contributed by atoms with Crippen molar-refractivity contribution in [3.63, 3.8) is 0 Å². The fourth-order valence-corrected chi connectivity index (χ4v) is 4.73. The van der Waals surface area contributed by atoms with Crippen molar-refractivity contribution in [3.05, 3.63) is 59.7 Å². The fraction of sp³-hybridized carbons (Fsp3) is 0.500. The topological polar surface area (TPSA) is 27.3 Å². The molecule has 28 heavy (non-hydrogen) atoms. The number of benzene rings is 2. The third kappa shape index (κ3) is 4.17. The summed E-state index contributed by atoms with van der Waals surface area (Å²) in [4.78, 5) is 2.43. The molecule has 3 nitrogen and oxygen atoms in total. The van der Waals surface area contributed by atoms with Gasteiger partial charge in [0.25, 0.3) is 0 Å². The molecule has 2 atom stereocenters. The summed E-state index contributed by atoms with van der Waals surface area (Å²) in [5.74, 6) is 0. The molecule has 0 bridgehead atoms. The minimum atomic E-state index is -0.869. The summed E-state index contributed by atoms with van der Waals surface area (Å²) in [5.41, 5.74) is 4.73. The van der Waals surface area contributed by atoms with Gasteiger partial charge in [-0.2, -0.15) is 0 Å². The van der Waals surface area contributed by atoms with Gasteiger partial charge < -0.3 is 15.5 Å². The fourth-order valence-electron chi connectivity index (χ4n) is 4.73. The van der Waals surface area contributed by atoms with Crippen LogP contribution in [0.3, 0.4) is 0 Å². The van der Waals surface area contributed by atoms with Crippen LogP contribution >= 0.6 is 0 Å². The third-order valence-corrected chi connectivity index (χ3v) is 6.00. The van der Waals surface area contributed by atoms with Crippen LogP contribution in [0.15, 0.2) is 48.5 Å². The molecule has 4 heteroatoms. The van der Waals surface area contributed by atoms with Gasteiger partial charge in [0, 0.05) is 29.9 Å². The Morgan fingerprint density at radius 2 is 1.86 bits per heavy atom. The van der Waals surface area contributed by atoms with Crippen LogP contribution in [-0.4, -0.2) is 37.4 Å². The van der Waals surface area contributed by atoms with Gasteiger partial charge >= 0.3 is 0 Å². The van der Waals surface area contributed by atoms with E-state index in [2.05, 4.69) is 47.6 Å². The SMILES string of the molecule is CC(C)Nc1ccc2c(c1)N(C1CCNCC1)C(C(F)Cc1ccccc1)C2. The molecule has 0 saturated carbocycles. The summed E-state index contributed by atoms with van der Waals surface area (Å²) in [7, 11) is 0. The van der Waals surface area contributed by atoms with Gasteiger partial charge in [0.2, 0.25) is 0 Å². The highest BCUT2D eigenvalue weighted by Crippen LogP contribution is 2.40. The third-order valence-electron chi connectivity index (χ3n) is 6.00. The predicted octanol–water partition coefficient (Wildman–Crippen LogP) is 4.57. The number of hydrogen-bond acceptors (Lipinski definition) is 3. The molecule has 2 aromatic rings. The average Bonchev–Trinajstić information content (AvgIpc) is 3.08. The Kier molecular flexibility index (Phi) is 5.86. The maximum Gasteiger partial charge on any atom is 0.125 e. The Morgan fingerprint density at radius 3 is 2.57 bits per heavy atom.